The molecule has 1 fully saturated rings. The van der Waals surface area contributed by atoms with Gasteiger partial charge < -0.3 is 10.1 Å². The number of rotatable bonds is 5. The largest absolute Gasteiger partial charge is 0.380 e. The molecule has 1 rings (SSSR count). The number of ether oxygens (including phenoxy) is 1. The van der Waals surface area contributed by atoms with Crippen molar-refractivity contribution in [3.63, 3.8) is 0 Å². The first-order valence-corrected chi connectivity index (χ1v) is 7.45. The molecule has 90 valence electrons. The van der Waals surface area contributed by atoms with E-state index in [9.17, 15) is 8.42 Å². The fourth-order valence-corrected chi connectivity index (χ4v) is 3.27. The predicted molar refractivity (Wildman–Crippen MR) is 60.7 cm³/mol. The Morgan fingerprint density at radius 1 is 1.47 bits per heavy atom. The smallest absolute Gasteiger partial charge is 0.148 e. The summed E-state index contributed by atoms with van der Waals surface area (Å²) < 4.78 is 27.5. The van der Waals surface area contributed by atoms with E-state index in [4.69, 9.17) is 4.74 Å². The normalized spacial score (nSPS) is 29.3. The van der Waals surface area contributed by atoms with E-state index in [1.54, 1.807) is 7.11 Å². The first kappa shape index (κ1) is 12.9. The van der Waals surface area contributed by atoms with Crippen molar-refractivity contribution in [1.82, 2.24) is 5.32 Å². The molecule has 0 spiro atoms. The number of hydrogen-bond acceptors (Lipinski definition) is 4. The summed E-state index contributed by atoms with van der Waals surface area (Å²) in [7, 11) is -1.18. The van der Waals surface area contributed by atoms with Gasteiger partial charge in [-0.2, -0.15) is 0 Å². The van der Waals surface area contributed by atoms with Crippen molar-refractivity contribution in [3.8, 4) is 0 Å². The van der Waals surface area contributed by atoms with Crippen LogP contribution in [0.4, 0.5) is 0 Å². The molecule has 0 radical (unpaired) electrons. The Morgan fingerprint density at radius 3 is 2.67 bits per heavy atom. The zero-order valence-corrected chi connectivity index (χ0v) is 10.5. The highest BCUT2D eigenvalue weighted by atomic mass is 32.2. The number of hydrogen-bond donors (Lipinski definition) is 1. The molecule has 0 aliphatic heterocycles. The molecule has 0 bridgehead atoms. The molecule has 3 atom stereocenters. The molecule has 0 aromatic heterocycles. The summed E-state index contributed by atoms with van der Waals surface area (Å²) in [4.78, 5) is 0. The monoisotopic (exact) mass is 235 g/mol. The van der Waals surface area contributed by atoms with Gasteiger partial charge in [0.2, 0.25) is 0 Å². The van der Waals surface area contributed by atoms with Gasteiger partial charge in [-0.3, -0.25) is 0 Å². The van der Waals surface area contributed by atoms with Gasteiger partial charge in [0.1, 0.15) is 9.84 Å². The average molecular weight is 235 g/mol. The van der Waals surface area contributed by atoms with Crippen LogP contribution in [0.2, 0.25) is 0 Å². The zero-order chi connectivity index (χ0) is 11.5. The van der Waals surface area contributed by atoms with Crippen LogP contribution in [0.25, 0.3) is 0 Å². The van der Waals surface area contributed by atoms with Crippen LogP contribution < -0.4 is 5.32 Å². The summed E-state index contributed by atoms with van der Waals surface area (Å²) >= 11 is 0. The highest BCUT2D eigenvalue weighted by molar-refractivity contribution is 7.90. The lowest BCUT2D eigenvalue weighted by molar-refractivity contribution is 0.0828. The summed E-state index contributed by atoms with van der Waals surface area (Å²) in [6.45, 7) is 1.91. The van der Waals surface area contributed by atoms with E-state index >= 15 is 0 Å². The fraction of sp³-hybridized carbons (Fsp3) is 1.00. The maximum absolute atomic E-state index is 11.1. The molecule has 5 heteroatoms. The molecule has 0 saturated heterocycles. The van der Waals surface area contributed by atoms with E-state index in [0.29, 0.717) is 6.04 Å². The lowest BCUT2D eigenvalue weighted by Crippen LogP contribution is -2.44. The van der Waals surface area contributed by atoms with Crippen molar-refractivity contribution in [1.29, 1.82) is 0 Å². The zero-order valence-electron chi connectivity index (χ0n) is 9.69. The third kappa shape index (κ3) is 4.49. The van der Waals surface area contributed by atoms with Crippen molar-refractivity contribution in [2.75, 3.05) is 19.1 Å². The van der Waals surface area contributed by atoms with Gasteiger partial charge in [0.05, 0.1) is 11.9 Å². The van der Waals surface area contributed by atoms with Crippen molar-refractivity contribution in [2.24, 2.45) is 0 Å². The summed E-state index contributed by atoms with van der Waals surface area (Å²) in [5.74, 6) is 0.194. The van der Waals surface area contributed by atoms with Gasteiger partial charge in [-0.15, -0.1) is 0 Å². The standard InChI is InChI=1S/C10H21NO3S/c1-8(7-15(3,12)13)11-9-5-4-6-10(9)14-2/h8-11H,4-7H2,1-3H3. The predicted octanol–water partition coefficient (Wildman–Crippen LogP) is 0.577. The van der Waals surface area contributed by atoms with Gasteiger partial charge in [0.15, 0.2) is 0 Å². The summed E-state index contributed by atoms with van der Waals surface area (Å²) in [5, 5.41) is 3.33. The molecule has 1 saturated carbocycles. The second-order valence-electron chi connectivity index (χ2n) is 4.47. The maximum Gasteiger partial charge on any atom is 0.148 e. The van der Waals surface area contributed by atoms with Crippen molar-refractivity contribution in [3.05, 3.63) is 0 Å². The third-order valence-electron chi connectivity index (χ3n) is 2.81. The Morgan fingerprint density at radius 2 is 2.13 bits per heavy atom. The Balaban J connectivity index is 2.40. The van der Waals surface area contributed by atoms with Crippen LogP contribution in [0.15, 0.2) is 0 Å². The summed E-state index contributed by atoms with van der Waals surface area (Å²) in [5.41, 5.74) is 0. The molecule has 0 heterocycles. The van der Waals surface area contributed by atoms with Crippen LogP contribution in [-0.2, 0) is 14.6 Å². The molecule has 1 aliphatic carbocycles. The highest BCUT2D eigenvalue weighted by Crippen LogP contribution is 2.21. The quantitative estimate of drug-likeness (QED) is 0.757. The maximum atomic E-state index is 11.1. The first-order chi connectivity index (χ1) is 6.92. The van der Waals surface area contributed by atoms with E-state index in [-0.39, 0.29) is 17.9 Å². The van der Waals surface area contributed by atoms with E-state index in [1.165, 1.54) is 6.26 Å². The second kappa shape index (κ2) is 5.27. The van der Waals surface area contributed by atoms with E-state index in [2.05, 4.69) is 5.32 Å². The van der Waals surface area contributed by atoms with Crippen LogP contribution in [-0.4, -0.2) is 45.7 Å². The molecule has 3 unspecified atom stereocenters. The molecule has 0 aromatic rings. The number of nitrogens with one attached hydrogen (secondary N) is 1. The molecular weight excluding hydrogens is 214 g/mol. The summed E-state index contributed by atoms with van der Waals surface area (Å²) in [6, 6.07) is 0.312. The van der Waals surface area contributed by atoms with Gasteiger partial charge in [-0.25, -0.2) is 8.42 Å². The van der Waals surface area contributed by atoms with Crippen LogP contribution in [0.5, 0.6) is 0 Å². The third-order valence-corrected chi connectivity index (χ3v) is 3.91. The van der Waals surface area contributed by atoms with Crippen LogP contribution >= 0.6 is 0 Å². The number of methoxy groups -OCH3 is 1. The lowest BCUT2D eigenvalue weighted by Gasteiger charge is -2.23. The van der Waals surface area contributed by atoms with E-state index < -0.39 is 9.84 Å². The highest BCUT2D eigenvalue weighted by Gasteiger charge is 2.28. The lowest BCUT2D eigenvalue weighted by atomic mass is 10.2. The minimum atomic E-state index is -2.89. The number of sulfone groups is 1. The minimum absolute atomic E-state index is 0.000694. The van der Waals surface area contributed by atoms with Gasteiger partial charge in [0.25, 0.3) is 0 Å². The van der Waals surface area contributed by atoms with Gasteiger partial charge in [0, 0.05) is 25.4 Å². The Kier molecular flexibility index (Phi) is 4.55. The molecule has 0 amide bonds. The van der Waals surface area contributed by atoms with E-state index in [1.807, 2.05) is 6.92 Å². The van der Waals surface area contributed by atoms with Crippen LogP contribution in [0, 0.1) is 0 Å². The second-order valence-corrected chi connectivity index (χ2v) is 6.66. The molecule has 1 N–H and O–H groups in total. The molecule has 4 nitrogen and oxygen atoms in total. The summed E-state index contributed by atoms with van der Waals surface area (Å²) in [6.07, 6.45) is 4.81. The van der Waals surface area contributed by atoms with Gasteiger partial charge in [-0.1, -0.05) is 0 Å². The Labute approximate surface area is 92.3 Å². The Bertz CT molecular complexity index is 289. The van der Waals surface area contributed by atoms with Crippen molar-refractivity contribution in [2.45, 2.75) is 44.4 Å². The topological polar surface area (TPSA) is 55.4 Å². The molecule has 0 aromatic carbocycles. The van der Waals surface area contributed by atoms with Gasteiger partial charge in [-0.05, 0) is 26.2 Å². The minimum Gasteiger partial charge on any atom is -0.380 e. The molecule has 1 aliphatic rings. The van der Waals surface area contributed by atoms with Crippen molar-refractivity contribution >= 4 is 9.84 Å². The SMILES string of the molecule is COC1CCCC1NC(C)CS(C)(=O)=O. The van der Waals surface area contributed by atoms with Crippen LogP contribution in [0.3, 0.4) is 0 Å². The van der Waals surface area contributed by atoms with Crippen molar-refractivity contribution < 1.29 is 13.2 Å². The van der Waals surface area contributed by atoms with Gasteiger partial charge >= 0.3 is 0 Å². The van der Waals surface area contributed by atoms with E-state index in [0.717, 1.165) is 19.3 Å². The molecular formula is C10H21NO3S. The molecule has 15 heavy (non-hydrogen) atoms. The fourth-order valence-electron chi connectivity index (χ4n) is 2.27. The Hall–Kier alpha value is -0.130. The average Bonchev–Trinajstić information content (AvgIpc) is 2.48. The first-order valence-electron chi connectivity index (χ1n) is 5.39. The van der Waals surface area contributed by atoms with Crippen LogP contribution in [0.1, 0.15) is 26.2 Å².